The number of hydrogen-bond donors (Lipinski definition) is 1. The molecule has 0 saturated heterocycles. The lowest BCUT2D eigenvalue weighted by molar-refractivity contribution is 0.779. The zero-order valence-corrected chi connectivity index (χ0v) is 16.9. The number of hydrogen-bond acceptors (Lipinski definition) is 2. The molecule has 128 valence electrons. The van der Waals surface area contributed by atoms with Gasteiger partial charge in [-0.3, -0.25) is 0 Å². The molecule has 0 unspecified atom stereocenters. The van der Waals surface area contributed by atoms with Crippen LogP contribution in [-0.2, 0) is 6.42 Å². The molecule has 0 atom stereocenters. The quantitative estimate of drug-likeness (QED) is 0.483. The van der Waals surface area contributed by atoms with Gasteiger partial charge in [0.25, 0.3) is 0 Å². The summed E-state index contributed by atoms with van der Waals surface area (Å²) in [4.78, 5) is 0. The lowest BCUT2D eigenvalue weighted by Crippen LogP contribution is -2.08. The number of anilines is 1. The molecule has 1 aromatic heterocycles. The highest BCUT2D eigenvalue weighted by Gasteiger charge is 2.22. The van der Waals surface area contributed by atoms with Crippen molar-refractivity contribution in [2.45, 2.75) is 26.2 Å². The smallest absolute Gasteiger partial charge is 0.133 e. The molecule has 0 aliphatic carbocycles. The highest BCUT2D eigenvalue weighted by molar-refractivity contribution is 14.1. The van der Waals surface area contributed by atoms with Gasteiger partial charge in [-0.2, -0.15) is 5.10 Å². The van der Waals surface area contributed by atoms with Crippen LogP contribution in [-0.4, -0.2) is 16.3 Å². The van der Waals surface area contributed by atoms with Crippen LogP contribution in [0.25, 0.3) is 16.9 Å². The lowest BCUT2D eigenvalue weighted by Gasteiger charge is -2.12. The zero-order chi connectivity index (χ0) is 17.4. The van der Waals surface area contributed by atoms with Crippen molar-refractivity contribution in [2.24, 2.45) is 0 Å². The summed E-state index contributed by atoms with van der Waals surface area (Å²) in [6.07, 6.45) is 3.40. The maximum Gasteiger partial charge on any atom is 0.133 e. The largest absolute Gasteiger partial charge is 0.370 e. The van der Waals surface area contributed by atoms with E-state index < -0.39 is 0 Å². The highest BCUT2D eigenvalue weighted by Crippen LogP contribution is 2.35. The van der Waals surface area contributed by atoms with Crippen LogP contribution in [0.1, 0.15) is 24.0 Å². The summed E-state index contributed by atoms with van der Waals surface area (Å²) < 4.78 is 3.27. The molecule has 3 nitrogen and oxygen atoms in total. The van der Waals surface area contributed by atoms with Gasteiger partial charge in [0, 0.05) is 26.3 Å². The van der Waals surface area contributed by atoms with E-state index in [4.69, 9.17) is 16.7 Å². The van der Waals surface area contributed by atoms with Gasteiger partial charge in [0.05, 0.1) is 11.4 Å². The van der Waals surface area contributed by atoms with E-state index in [1.54, 1.807) is 0 Å². The van der Waals surface area contributed by atoms with E-state index in [9.17, 15) is 0 Å². The Balaban J connectivity index is 1.93. The molecule has 0 spiro atoms. The van der Waals surface area contributed by atoms with E-state index in [1.165, 1.54) is 27.5 Å². The molecule has 3 aromatic rings. The summed E-state index contributed by atoms with van der Waals surface area (Å²) in [5.41, 5.74) is 5.74. The van der Waals surface area contributed by atoms with Crippen LogP contribution < -0.4 is 5.32 Å². The Morgan fingerprint density at radius 1 is 1.12 bits per heavy atom. The van der Waals surface area contributed by atoms with E-state index >= 15 is 0 Å². The topological polar surface area (TPSA) is 29.9 Å². The molecule has 5 heteroatoms. The minimum atomic E-state index is 0.731. The van der Waals surface area contributed by atoms with E-state index in [0.717, 1.165) is 40.8 Å². The van der Waals surface area contributed by atoms with Crippen LogP contribution in [0.4, 0.5) is 5.82 Å². The zero-order valence-electron chi connectivity index (χ0n) is 14.0. The molecular formula is C20H19ClIN3. The summed E-state index contributed by atoms with van der Waals surface area (Å²) in [7, 11) is 0. The van der Waals surface area contributed by atoms with E-state index in [1.807, 2.05) is 22.9 Å². The SMILES string of the molecule is Cc1ccc(Cl)cc1-n1nc(-c2ccc(I)cc2)c2c1NCCCC2. The van der Waals surface area contributed by atoms with Crippen LogP contribution in [0.15, 0.2) is 42.5 Å². The Hall–Kier alpha value is -1.53. The number of fused-ring (bicyclic) bond motifs is 1. The van der Waals surface area contributed by atoms with Crippen molar-refractivity contribution in [1.29, 1.82) is 0 Å². The second kappa shape index (κ2) is 7.00. The Kier molecular flexibility index (Phi) is 4.73. The second-order valence-electron chi connectivity index (χ2n) is 6.41. The minimum Gasteiger partial charge on any atom is -0.370 e. The number of nitrogens with one attached hydrogen (secondary N) is 1. The van der Waals surface area contributed by atoms with Gasteiger partial charge in [0.1, 0.15) is 5.82 Å². The Bertz CT molecular complexity index is 915. The third kappa shape index (κ3) is 3.29. The highest BCUT2D eigenvalue weighted by atomic mass is 127. The fraction of sp³-hybridized carbons (Fsp3) is 0.250. The van der Waals surface area contributed by atoms with E-state index in [2.05, 4.69) is 59.1 Å². The monoisotopic (exact) mass is 463 g/mol. The average Bonchev–Trinajstić information content (AvgIpc) is 2.79. The number of nitrogens with zero attached hydrogens (tertiary/aromatic N) is 2. The summed E-state index contributed by atoms with van der Waals surface area (Å²) in [5, 5.41) is 9.33. The fourth-order valence-corrected chi connectivity index (χ4v) is 3.85. The van der Waals surface area contributed by atoms with E-state index in [0.29, 0.717) is 0 Å². The first-order chi connectivity index (χ1) is 12.1. The predicted octanol–water partition coefficient (Wildman–Crippen LogP) is 5.85. The van der Waals surface area contributed by atoms with Crippen molar-refractivity contribution in [3.63, 3.8) is 0 Å². The fourth-order valence-electron chi connectivity index (χ4n) is 3.33. The van der Waals surface area contributed by atoms with Gasteiger partial charge in [-0.25, -0.2) is 4.68 Å². The van der Waals surface area contributed by atoms with Gasteiger partial charge in [0.2, 0.25) is 0 Å². The van der Waals surface area contributed by atoms with Gasteiger partial charge in [-0.05, 0) is 78.6 Å². The van der Waals surface area contributed by atoms with Crippen LogP contribution in [0.5, 0.6) is 0 Å². The van der Waals surface area contributed by atoms with Crippen molar-refractivity contribution in [2.75, 3.05) is 11.9 Å². The summed E-state index contributed by atoms with van der Waals surface area (Å²) >= 11 is 8.60. The van der Waals surface area contributed by atoms with Crippen LogP contribution in [0, 0.1) is 10.5 Å². The lowest BCUT2D eigenvalue weighted by atomic mass is 10.0. The third-order valence-electron chi connectivity index (χ3n) is 4.65. The van der Waals surface area contributed by atoms with Crippen LogP contribution in [0.2, 0.25) is 5.02 Å². The maximum absolute atomic E-state index is 6.26. The third-order valence-corrected chi connectivity index (χ3v) is 5.60. The average molecular weight is 464 g/mol. The number of aromatic nitrogens is 2. The van der Waals surface area contributed by atoms with Gasteiger partial charge < -0.3 is 5.32 Å². The normalized spacial score (nSPS) is 13.9. The molecule has 1 N–H and O–H groups in total. The van der Waals surface area contributed by atoms with Gasteiger partial charge in [-0.1, -0.05) is 29.8 Å². The Morgan fingerprint density at radius 3 is 2.72 bits per heavy atom. The number of benzene rings is 2. The molecule has 2 aromatic carbocycles. The molecule has 0 fully saturated rings. The summed E-state index contributed by atoms with van der Waals surface area (Å²) in [6.45, 7) is 3.07. The number of rotatable bonds is 2. The predicted molar refractivity (Wildman–Crippen MR) is 113 cm³/mol. The molecule has 2 heterocycles. The second-order valence-corrected chi connectivity index (χ2v) is 8.09. The maximum atomic E-state index is 6.26. The molecule has 0 saturated carbocycles. The molecule has 0 radical (unpaired) electrons. The van der Waals surface area contributed by atoms with Gasteiger partial charge in [-0.15, -0.1) is 0 Å². The molecule has 0 bridgehead atoms. The Labute approximate surface area is 166 Å². The Morgan fingerprint density at radius 2 is 1.92 bits per heavy atom. The molecule has 1 aliphatic heterocycles. The minimum absolute atomic E-state index is 0.731. The molecular weight excluding hydrogens is 445 g/mol. The van der Waals surface area contributed by atoms with Crippen LogP contribution >= 0.6 is 34.2 Å². The summed E-state index contributed by atoms with van der Waals surface area (Å²) in [6, 6.07) is 14.6. The van der Waals surface area contributed by atoms with Crippen molar-refractivity contribution >= 4 is 40.0 Å². The first-order valence-corrected chi connectivity index (χ1v) is 9.97. The van der Waals surface area contributed by atoms with Crippen molar-refractivity contribution < 1.29 is 0 Å². The summed E-state index contributed by atoms with van der Waals surface area (Å²) in [5.74, 6) is 1.11. The molecule has 1 aliphatic rings. The van der Waals surface area contributed by atoms with E-state index in [-0.39, 0.29) is 0 Å². The van der Waals surface area contributed by atoms with Crippen molar-refractivity contribution in [3.05, 3.63) is 62.2 Å². The van der Waals surface area contributed by atoms with Crippen molar-refractivity contribution in [3.8, 4) is 16.9 Å². The van der Waals surface area contributed by atoms with Gasteiger partial charge >= 0.3 is 0 Å². The van der Waals surface area contributed by atoms with Crippen LogP contribution in [0.3, 0.4) is 0 Å². The molecule has 4 rings (SSSR count). The standard InChI is InChI=1S/C20H19ClIN3/c1-13-5-8-15(21)12-18(13)25-20-17(4-2-3-11-23-20)19(24-25)14-6-9-16(22)10-7-14/h5-10,12,23H,2-4,11H2,1H3. The molecule has 0 amide bonds. The number of aryl methyl sites for hydroxylation is 1. The number of halogens is 2. The van der Waals surface area contributed by atoms with Gasteiger partial charge in [0.15, 0.2) is 0 Å². The first-order valence-electron chi connectivity index (χ1n) is 8.52. The van der Waals surface area contributed by atoms with Crippen molar-refractivity contribution in [1.82, 2.24) is 9.78 Å². The first kappa shape index (κ1) is 16.9. The molecule has 25 heavy (non-hydrogen) atoms.